The van der Waals surface area contributed by atoms with Crippen molar-refractivity contribution in [3.63, 3.8) is 0 Å². The molecule has 2 atom stereocenters. The summed E-state index contributed by atoms with van der Waals surface area (Å²) in [5.74, 6) is 1.01. The minimum Gasteiger partial charge on any atom is -0.497 e. The van der Waals surface area contributed by atoms with Crippen molar-refractivity contribution < 1.29 is 27.4 Å². The minimum absolute atomic E-state index is 0.0887. The fourth-order valence-electron chi connectivity index (χ4n) is 3.99. The molecule has 1 aromatic carbocycles. The van der Waals surface area contributed by atoms with Gasteiger partial charge in [0.05, 0.1) is 26.6 Å². The Morgan fingerprint density at radius 3 is 2.18 bits per heavy atom. The van der Waals surface area contributed by atoms with Gasteiger partial charge >= 0.3 is 0 Å². The third kappa shape index (κ3) is 5.66. The van der Waals surface area contributed by atoms with Crippen LogP contribution in [-0.2, 0) is 20.3 Å². The number of benzene rings is 1. The van der Waals surface area contributed by atoms with E-state index < -0.39 is 26.9 Å². The Balaban J connectivity index is 1.85. The molecule has 0 aliphatic rings. The molecule has 0 saturated heterocycles. The Kier molecular flexibility index (Phi) is 8.35. The van der Waals surface area contributed by atoms with Crippen LogP contribution in [0.4, 0.5) is 0 Å². The van der Waals surface area contributed by atoms with Gasteiger partial charge in [-0.15, -0.1) is 10.2 Å². The zero-order valence-electron chi connectivity index (χ0n) is 22.4. The van der Waals surface area contributed by atoms with Gasteiger partial charge in [-0.1, -0.05) is 12.1 Å². The molecule has 13 nitrogen and oxygen atoms in total. The smallest absolute Gasteiger partial charge is 0.245 e. The van der Waals surface area contributed by atoms with Crippen molar-refractivity contribution in [2.75, 3.05) is 28.4 Å². The van der Waals surface area contributed by atoms with Gasteiger partial charge < -0.3 is 18.9 Å². The summed E-state index contributed by atoms with van der Waals surface area (Å²) in [6.45, 7) is 3.39. The second-order valence-electron chi connectivity index (χ2n) is 8.54. The first-order valence-corrected chi connectivity index (χ1v) is 13.5. The van der Waals surface area contributed by atoms with Crippen LogP contribution in [-0.4, -0.2) is 76.8 Å². The van der Waals surface area contributed by atoms with Gasteiger partial charge in [0.15, 0.2) is 33.0 Å². The van der Waals surface area contributed by atoms with Gasteiger partial charge in [0.2, 0.25) is 11.8 Å². The highest BCUT2D eigenvalue weighted by Crippen LogP contribution is 2.35. The SMILES string of the molecule is COc1cccc(-c2nnc(CS(=O)(=O)[C@@H](C)[C@H](OC)c3ncc(C)cn3)n2-c2c(OC)ncnc2OC)c1. The highest BCUT2D eigenvalue weighted by atomic mass is 32.2. The first kappa shape index (κ1) is 27.9. The molecule has 3 aromatic heterocycles. The molecule has 14 heteroatoms. The number of aromatic nitrogens is 7. The standard InChI is InChI=1S/C25H29N7O6S/c1-15-11-26-22(27-12-15)21(36-4)16(2)39(33,34)13-19-30-31-23(17-8-7-9-18(10-17)35-3)32(19)20-24(37-5)28-14-29-25(20)38-6/h7-12,14,16,21H,13H2,1-6H3/t16-,21-/m0/s1. The van der Waals surface area contributed by atoms with Crippen LogP contribution >= 0.6 is 0 Å². The van der Waals surface area contributed by atoms with Crippen molar-refractivity contribution in [1.82, 2.24) is 34.7 Å². The Bertz CT molecular complexity index is 1520. The predicted molar refractivity (Wildman–Crippen MR) is 141 cm³/mol. The van der Waals surface area contributed by atoms with E-state index in [2.05, 4.69) is 30.1 Å². The average Bonchev–Trinajstić information content (AvgIpc) is 3.35. The second kappa shape index (κ2) is 11.7. The van der Waals surface area contributed by atoms with E-state index in [9.17, 15) is 8.42 Å². The molecule has 0 saturated carbocycles. The summed E-state index contributed by atoms with van der Waals surface area (Å²) in [6.07, 6.45) is 3.59. The van der Waals surface area contributed by atoms with Crippen molar-refractivity contribution in [2.24, 2.45) is 0 Å². The van der Waals surface area contributed by atoms with Gasteiger partial charge in [-0.05, 0) is 31.5 Å². The molecule has 206 valence electrons. The maximum absolute atomic E-state index is 13.7. The van der Waals surface area contributed by atoms with E-state index in [4.69, 9.17) is 18.9 Å². The monoisotopic (exact) mass is 555 g/mol. The molecular formula is C25H29N7O6S. The maximum atomic E-state index is 13.7. The van der Waals surface area contributed by atoms with Crippen LogP contribution in [0.1, 0.15) is 30.2 Å². The highest BCUT2D eigenvalue weighted by Gasteiger charge is 2.35. The Hall–Kier alpha value is -4.17. The Morgan fingerprint density at radius 1 is 0.923 bits per heavy atom. The molecule has 0 radical (unpaired) electrons. The lowest BCUT2D eigenvalue weighted by Crippen LogP contribution is -2.30. The molecule has 0 N–H and O–H groups in total. The third-order valence-electron chi connectivity index (χ3n) is 6.06. The number of rotatable bonds is 11. The van der Waals surface area contributed by atoms with Crippen molar-refractivity contribution in [1.29, 1.82) is 0 Å². The fourth-order valence-corrected chi connectivity index (χ4v) is 5.41. The van der Waals surface area contributed by atoms with Crippen molar-refractivity contribution in [3.8, 4) is 34.6 Å². The number of sulfone groups is 1. The van der Waals surface area contributed by atoms with Crippen LogP contribution in [0.3, 0.4) is 0 Å². The number of hydrogen-bond acceptors (Lipinski definition) is 12. The normalized spacial score (nSPS) is 13.1. The van der Waals surface area contributed by atoms with Crippen LogP contribution < -0.4 is 14.2 Å². The molecule has 0 amide bonds. The molecule has 0 spiro atoms. The highest BCUT2D eigenvalue weighted by molar-refractivity contribution is 7.91. The quantitative estimate of drug-likeness (QED) is 0.267. The van der Waals surface area contributed by atoms with E-state index in [0.717, 1.165) is 5.56 Å². The summed E-state index contributed by atoms with van der Waals surface area (Å²) in [6, 6.07) is 7.11. The van der Waals surface area contributed by atoms with Gasteiger partial charge in [-0.2, -0.15) is 9.97 Å². The zero-order chi connectivity index (χ0) is 28.2. The molecule has 39 heavy (non-hydrogen) atoms. The number of nitrogens with zero attached hydrogens (tertiary/aromatic N) is 7. The molecule has 4 aromatic rings. The van der Waals surface area contributed by atoms with E-state index >= 15 is 0 Å². The van der Waals surface area contributed by atoms with E-state index in [1.807, 2.05) is 6.92 Å². The average molecular weight is 556 g/mol. The summed E-state index contributed by atoms with van der Waals surface area (Å²) in [4.78, 5) is 16.9. The van der Waals surface area contributed by atoms with Gasteiger partial charge in [0.1, 0.15) is 23.9 Å². The second-order valence-corrected chi connectivity index (χ2v) is 10.9. The van der Waals surface area contributed by atoms with Crippen molar-refractivity contribution in [3.05, 3.63) is 60.2 Å². The van der Waals surface area contributed by atoms with Crippen LogP contribution in [0.25, 0.3) is 17.1 Å². The van der Waals surface area contributed by atoms with Crippen molar-refractivity contribution in [2.45, 2.75) is 31.0 Å². The molecular weight excluding hydrogens is 526 g/mol. The molecule has 0 aliphatic heterocycles. The first-order chi connectivity index (χ1) is 18.7. The molecule has 0 bridgehead atoms. The molecule has 0 fully saturated rings. The van der Waals surface area contributed by atoms with Crippen LogP contribution in [0.5, 0.6) is 17.5 Å². The first-order valence-electron chi connectivity index (χ1n) is 11.8. The van der Waals surface area contributed by atoms with Gasteiger partial charge in [-0.25, -0.2) is 18.4 Å². The summed E-state index contributed by atoms with van der Waals surface area (Å²) in [5.41, 5.74) is 1.69. The lowest BCUT2D eigenvalue weighted by molar-refractivity contribution is 0.0947. The summed E-state index contributed by atoms with van der Waals surface area (Å²) < 4.78 is 50.9. The maximum Gasteiger partial charge on any atom is 0.245 e. The van der Waals surface area contributed by atoms with Crippen molar-refractivity contribution >= 4 is 9.84 Å². The lowest BCUT2D eigenvalue weighted by Gasteiger charge is -2.22. The van der Waals surface area contributed by atoms with Gasteiger partial charge in [0.25, 0.3) is 0 Å². The van der Waals surface area contributed by atoms with E-state index in [-0.39, 0.29) is 29.1 Å². The van der Waals surface area contributed by atoms with E-state index in [0.29, 0.717) is 17.1 Å². The molecule has 4 rings (SSSR count). The van der Waals surface area contributed by atoms with Crippen LogP contribution in [0.15, 0.2) is 43.0 Å². The van der Waals surface area contributed by atoms with Crippen LogP contribution in [0.2, 0.25) is 0 Å². The fraction of sp³-hybridized carbons (Fsp3) is 0.360. The number of hydrogen-bond donors (Lipinski definition) is 0. The number of ether oxygens (including phenoxy) is 4. The summed E-state index contributed by atoms with van der Waals surface area (Å²) in [7, 11) is 1.92. The number of aryl methyl sites for hydroxylation is 1. The predicted octanol–water partition coefficient (Wildman–Crippen LogP) is 2.54. The summed E-state index contributed by atoms with van der Waals surface area (Å²) >= 11 is 0. The van der Waals surface area contributed by atoms with Gasteiger partial charge in [-0.3, -0.25) is 4.57 Å². The minimum atomic E-state index is -3.91. The largest absolute Gasteiger partial charge is 0.497 e. The molecule has 0 aliphatic carbocycles. The zero-order valence-corrected chi connectivity index (χ0v) is 23.2. The Labute approximate surface area is 226 Å². The topological polar surface area (TPSA) is 153 Å². The Morgan fingerprint density at radius 2 is 1.59 bits per heavy atom. The number of methoxy groups -OCH3 is 4. The third-order valence-corrected chi connectivity index (χ3v) is 8.10. The van der Waals surface area contributed by atoms with E-state index in [1.165, 1.54) is 32.2 Å². The lowest BCUT2D eigenvalue weighted by atomic mass is 10.2. The molecule has 0 unspecified atom stereocenters. The molecule has 3 heterocycles. The summed E-state index contributed by atoms with van der Waals surface area (Å²) in [5, 5.41) is 7.58. The van der Waals surface area contributed by atoms with Crippen LogP contribution in [0, 0.1) is 6.92 Å². The van der Waals surface area contributed by atoms with E-state index in [1.54, 1.807) is 50.7 Å². The van der Waals surface area contributed by atoms with Gasteiger partial charge in [0, 0.05) is 25.1 Å².